The maximum Gasteiger partial charge on any atom is 0.238 e. The van der Waals surface area contributed by atoms with Gasteiger partial charge in [0.05, 0.1) is 11.4 Å². The summed E-state index contributed by atoms with van der Waals surface area (Å²) in [6.45, 7) is 6.69. The number of nitrogens with one attached hydrogen (secondary N) is 2. The lowest BCUT2D eigenvalue weighted by Gasteiger charge is -2.21. The van der Waals surface area contributed by atoms with Crippen LogP contribution >= 0.6 is 11.8 Å². The molecule has 0 bridgehead atoms. The van der Waals surface area contributed by atoms with E-state index in [4.69, 9.17) is 10.1 Å². The zero-order valence-electron chi connectivity index (χ0n) is 14.9. The fraction of sp³-hybridized carbons (Fsp3) is 0.588. The lowest BCUT2D eigenvalue weighted by Crippen LogP contribution is -2.39. The van der Waals surface area contributed by atoms with E-state index in [1.165, 1.54) is 18.6 Å². The van der Waals surface area contributed by atoms with Crippen molar-refractivity contribution in [1.82, 2.24) is 10.6 Å². The van der Waals surface area contributed by atoms with E-state index in [1.807, 2.05) is 11.8 Å². The average molecular weight is 385 g/mol. The van der Waals surface area contributed by atoms with Gasteiger partial charge in [-0.15, -0.1) is 0 Å². The maximum absolute atomic E-state index is 11.3. The third-order valence-corrected chi connectivity index (χ3v) is 6.63. The van der Waals surface area contributed by atoms with Crippen LogP contribution in [0.2, 0.25) is 0 Å². The Hall–Kier alpha value is -1.25. The largest absolute Gasteiger partial charge is 0.357 e. The van der Waals surface area contributed by atoms with Gasteiger partial charge in [-0.1, -0.05) is 12.1 Å². The van der Waals surface area contributed by atoms with Crippen molar-refractivity contribution in [2.24, 2.45) is 10.1 Å². The molecule has 25 heavy (non-hydrogen) atoms. The van der Waals surface area contributed by atoms with Gasteiger partial charge in [-0.05, 0) is 56.6 Å². The molecule has 0 amide bonds. The van der Waals surface area contributed by atoms with Gasteiger partial charge in [-0.3, -0.25) is 4.99 Å². The highest BCUT2D eigenvalue weighted by Crippen LogP contribution is 2.37. The summed E-state index contributed by atoms with van der Waals surface area (Å²) in [5.74, 6) is 2.06. The molecule has 6 nitrogen and oxygen atoms in total. The molecule has 4 N–H and O–H groups in total. The predicted octanol–water partition coefficient (Wildman–Crippen LogP) is 1.72. The van der Waals surface area contributed by atoms with Gasteiger partial charge in [0.2, 0.25) is 10.0 Å². The second-order valence-electron chi connectivity index (χ2n) is 6.46. The molecular weight excluding hydrogens is 356 g/mol. The number of benzene rings is 1. The van der Waals surface area contributed by atoms with Crippen molar-refractivity contribution in [3.8, 4) is 0 Å². The molecule has 1 aliphatic rings. The normalized spacial score (nSPS) is 21.3. The molecule has 140 valence electrons. The summed E-state index contributed by atoms with van der Waals surface area (Å²) in [7, 11) is -3.63. The molecule has 2 rings (SSSR count). The number of aliphatic imine (C=N–C) groups is 1. The van der Waals surface area contributed by atoms with Crippen LogP contribution < -0.4 is 15.8 Å². The molecule has 8 heteroatoms. The number of primary sulfonamides is 1. The molecule has 1 aromatic carbocycles. The van der Waals surface area contributed by atoms with Crippen LogP contribution in [0.4, 0.5) is 0 Å². The molecule has 1 unspecified atom stereocenters. The summed E-state index contributed by atoms with van der Waals surface area (Å²) in [6, 6.07) is 6.67. The number of guanidine groups is 1. The standard InChI is InChI=1S/C17H28N4O2S2/c1-3-19-16(21-13-17(2)10-4-12-24-17)20-11-9-14-5-7-15(8-6-14)25(18,22)23/h5-8H,3-4,9-13H2,1-2H3,(H2,18,22,23)(H2,19,20,21). The zero-order valence-corrected chi connectivity index (χ0v) is 16.5. The van der Waals surface area contributed by atoms with Crippen LogP contribution in [0.1, 0.15) is 32.3 Å². The van der Waals surface area contributed by atoms with E-state index in [0.717, 1.165) is 37.6 Å². The van der Waals surface area contributed by atoms with Crippen LogP contribution in [0.15, 0.2) is 34.2 Å². The Kier molecular flexibility index (Phi) is 7.15. The fourth-order valence-corrected chi connectivity index (χ4v) is 4.46. The minimum atomic E-state index is -3.63. The second kappa shape index (κ2) is 8.91. The molecule has 0 spiro atoms. The van der Waals surface area contributed by atoms with Gasteiger partial charge in [-0.25, -0.2) is 13.6 Å². The summed E-state index contributed by atoms with van der Waals surface area (Å²) in [6.07, 6.45) is 3.27. The van der Waals surface area contributed by atoms with Crippen molar-refractivity contribution < 1.29 is 8.42 Å². The lowest BCUT2D eigenvalue weighted by molar-refractivity contribution is 0.597. The van der Waals surface area contributed by atoms with E-state index < -0.39 is 10.0 Å². The van der Waals surface area contributed by atoms with E-state index in [9.17, 15) is 8.42 Å². The van der Waals surface area contributed by atoms with Crippen LogP contribution in [0, 0.1) is 0 Å². The van der Waals surface area contributed by atoms with E-state index in [0.29, 0.717) is 0 Å². The molecule has 1 aromatic rings. The molecular formula is C17H28N4O2S2. The van der Waals surface area contributed by atoms with Crippen molar-refractivity contribution in [1.29, 1.82) is 0 Å². The fourth-order valence-electron chi connectivity index (χ4n) is 2.72. The summed E-state index contributed by atoms with van der Waals surface area (Å²) < 4.78 is 22.8. The smallest absolute Gasteiger partial charge is 0.238 e. The van der Waals surface area contributed by atoms with Gasteiger partial charge in [0.25, 0.3) is 0 Å². The third kappa shape index (κ3) is 6.52. The van der Waals surface area contributed by atoms with Gasteiger partial charge in [-0.2, -0.15) is 11.8 Å². The quantitative estimate of drug-likeness (QED) is 0.491. The van der Waals surface area contributed by atoms with Crippen LogP contribution in [-0.4, -0.2) is 44.5 Å². The SMILES string of the molecule is CCNC(=NCC1(C)CCCS1)NCCc1ccc(S(N)(=O)=O)cc1. The first kappa shape index (κ1) is 20.1. The molecule has 0 aromatic heterocycles. The third-order valence-electron chi connectivity index (χ3n) is 4.17. The van der Waals surface area contributed by atoms with Crippen LogP contribution in [0.5, 0.6) is 0 Å². The van der Waals surface area contributed by atoms with Crippen molar-refractivity contribution in [3.63, 3.8) is 0 Å². The predicted molar refractivity (Wildman–Crippen MR) is 106 cm³/mol. The second-order valence-corrected chi connectivity index (χ2v) is 9.71. The first-order chi connectivity index (χ1) is 11.8. The Balaban J connectivity index is 1.86. The molecule has 0 saturated carbocycles. The molecule has 1 saturated heterocycles. The molecule has 0 radical (unpaired) electrons. The monoisotopic (exact) mass is 384 g/mol. The molecule has 1 atom stereocenters. The Labute approximate surface area is 155 Å². The number of hydrogen-bond donors (Lipinski definition) is 3. The van der Waals surface area contributed by atoms with E-state index in [2.05, 4.69) is 24.5 Å². The zero-order chi connectivity index (χ0) is 18.3. The van der Waals surface area contributed by atoms with Crippen LogP contribution in [0.25, 0.3) is 0 Å². The van der Waals surface area contributed by atoms with Gasteiger partial charge in [0.1, 0.15) is 0 Å². The van der Waals surface area contributed by atoms with E-state index in [-0.39, 0.29) is 9.64 Å². The number of nitrogens with zero attached hydrogens (tertiary/aromatic N) is 1. The Morgan fingerprint density at radius 3 is 2.60 bits per heavy atom. The highest BCUT2D eigenvalue weighted by atomic mass is 32.2. The van der Waals surface area contributed by atoms with E-state index in [1.54, 1.807) is 24.3 Å². The van der Waals surface area contributed by atoms with Crippen molar-refractivity contribution in [2.75, 3.05) is 25.4 Å². The average Bonchev–Trinajstić information content (AvgIpc) is 2.99. The Morgan fingerprint density at radius 1 is 1.32 bits per heavy atom. The summed E-state index contributed by atoms with van der Waals surface area (Å²) in [5.41, 5.74) is 1.05. The first-order valence-electron chi connectivity index (χ1n) is 8.60. The van der Waals surface area contributed by atoms with Crippen molar-refractivity contribution in [2.45, 2.75) is 42.8 Å². The number of sulfonamides is 1. The highest BCUT2D eigenvalue weighted by Gasteiger charge is 2.29. The number of thioether (sulfide) groups is 1. The van der Waals surface area contributed by atoms with E-state index >= 15 is 0 Å². The lowest BCUT2D eigenvalue weighted by atomic mass is 10.1. The van der Waals surface area contributed by atoms with Crippen molar-refractivity contribution >= 4 is 27.7 Å². The van der Waals surface area contributed by atoms with Crippen LogP contribution in [-0.2, 0) is 16.4 Å². The molecule has 1 fully saturated rings. The Bertz CT molecular complexity index is 681. The maximum atomic E-state index is 11.3. The summed E-state index contributed by atoms with van der Waals surface area (Å²) >= 11 is 2.01. The molecule has 1 aliphatic heterocycles. The van der Waals surface area contributed by atoms with Gasteiger partial charge >= 0.3 is 0 Å². The molecule has 0 aliphatic carbocycles. The van der Waals surface area contributed by atoms with Crippen molar-refractivity contribution in [3.05, 3.63) is 29.8 Å². The number of nitrogens with two attached hydrogens (primary N) is 1. The van der Waals surface area contributed by atoms with Gasteiger partial charge < -0.3 is 10.6 Å². The topological polar surface area (TPSA) is 96.6 Å². The molecule has 1 heterocycles. The number of rotatable bonds is 7. The van der Waals surface area contributed by atoms with Crippen LogP contribution in [0.3, 0.4) is 0 Å². The first-order valence-corrected chi connectivity index (χ1v) is 11.1. The van der Waals surface area contributed by atoms with Gasteiger partial charge in [0, 0.05) is 17.8 Å². The number of hydrogen-bond acceptors (Lipinski definition) is 4. The minimum absolute atomic E-state index is 0.140. The summed E-state index contributed by atoms with van der Waals surface area (Å²) in [4.78, 5) is 4.86. The van der Waals surface area contributed by atoms with Gasteiger partial charge in [0.15, 0.2) is 5.96 Å². The minimum Gasteiger partial charge on any atom is -0.357 e. The Morgan fingerprint density at radius 2 is 2.04 bits per heavy atom. The highest BCUT2D eigenvalue weighted by molar-refractivity contribution is 8.00. The summed E-state index contributed by atoms with van der Waals surface area (Å²) in [5, 5.41) is 11.7.